The van der Waals surface area contributed by atoms with Crippen molar-refractivity contribution in [2.24, 2.45) is 9.98 Å². The van der Waals surface area contributed by atoms with Gasteiger partial charge in [-0.2, -0.15) is 0 Å². The van der Waals surface area contributed by atoms with E-state index in [0.29, 0.717) is 12.0 Å². The van der Waals surface area contributed by atoms with Gasteiger partial charge in [0.2, 0.25) is 0 Å². The minimum absolute atomic E-state index is 0. The first kappa shape index (κ1) is 32.1. The largest absolute Gasteiger partial charge is 2.00 e. The molecular formula is C32H40N2NiO2. The summed E-state index contributed by atoms with van der Waals surface area (Å²) in [4.78, 5) is 9.28. The fraction of sp³-hybridized carbons (Fsp3) is 0.375. The van der Waals surface area contributed by atoms with Crippen molar-refractivity contribution in [2.75, 3.05) is 0 Å². The molecule has 200 valence electrons. The minimum atomic E-state index is -0.351. The number of rotatable bonds is 12. The SMILES string of the molecule is CCCCCCC(C=Nc1ccccc1)=Nc1ccccc1.CCCCc1cc([O-])c([O-])c(CC)c1.[Ni+2]. The van der Waals surface area contributed by atoms with Gasteiger partial charge in [-0.3, -0.25) is 9.98 Å². The second-order valence-corrected chi connectivity index (χ2v) is 8.88. The van der Waals surface area contributed by atoms with Crippen LogP contribution >= 0.6 is 0 Å². The Morgan fingerprint density at radius 3 is 1.97 bits per heavy atom. The molecule has 0 unspecified atom stereocenters. The quantitative estimate of drug-likeness (QED) is 0.133. The summed E-state index contributed by atoms with van der Waals surface area (Å²) in [6, 6.07) is 23.5. The Hall–Kier alpha value is -2.91. The van der Waals surface area contributed by atoms with Gasteiger partial charge in [0.05, 0.1) is 17.1 Å². The second kappa shape index (κ2) is 19.2. The van der Waals surface area contributed by atoms with Crippen LogP contribution in [0.2, 0.25) is 0 Å². The molecule has 0 aliphatic carbocycles. The van der Waals surface area contributed by atoms with Gasteiger partial charge in [0, 0.05) is 6.21 Å². The zero-order valence-corrected chi connectivity index (χ0v) is 23.4. The van der Waals surface area contributed by atoms with Crippen molar-refractivity contribution in [1.82, 2.24) is 0 Å². The van der Waals surface area contributed by atoms with Crippen molar-refractivity contribution < 1.29 is 26.7 Å². The van der Waals surface area contributed by atoms with E-state index in [4.69, 9.17) is 4.99 Å². The first-order chi connectivity index (χ1) is 17.6. The monoisotopic (exact) mass is 542 g/mol. The summed E-state index contributed by atoms with van der Waals surface area (Å²) in [6.07, 6.45) is 11.6. The standard InChI is InChI=1S/C20H24N2.C12H18O2.Ni/c1-2-3-4-7-16-20(22-19-14-10-6-11-15-19)17-21-18-12-8-5-9-13-18;1-3-5-6-9-7-10(4-2)12(14)11(13)8-9;/h5-6,8-15,17H,2-4,7,16H2,1H3;7-8,13-14H,3-6H2,1-2H3;/q;;+2/p-2. The third kappa shape index (κ3) is 12.8. The molecule has 0 aliphatic rings. The number of hydrogen-bond acceptors (Lipinski definition) is 4. The molecule has 3 aromatic carbocycles. The summed E-state index contributed by atoms with van der Waals surface area (Å²) >= 11 is 0. The van der Waals surface area contributed by atoms with Crippen molar-refractivity contribution in [3.05, 3.63) is 83.9 Å². The van der Waals surface area contributed by atoms with Gasteiger partial charge in [0.15, 0.2) is 0 Å². The molecule has 4 nitrogen and oxygen atoms in total. The second-order valence-electron chi connectivity index (χ2n) is 8.88. The van der Waals surface area contributed by atoms with Crippen LogP contribution in [0.3, 0.4) is 0 Å². The molecule has 0 radical (unpaired) electrons. The van der Waals surface area contributed by atoms with Crippen LogP contribution in [0.1, 0.15) is 76.8 Å². The number of para-hydroxylation sites is 2. The number of unbranched alkanes of at least 4 members (excludes halogenated alkanes) is 4. The van der Waals surface area contributed by atoms with Crippen molar-refractivity contribution in [3.63, 3.8) is 0 Å². The summed E-state index contributed by atoms with van der Waals surface area (Å²) in [6.45, 7) is 6.25. The van der Waals surface area contributed by atoms with E-state index < -0.39 is 0 Å². The van der Waals surface area contributed by atoms with Crippen molar-refractivity contribution in [3.8, 4) is 11.5 Å². The maximum Gasteiger partial charge on any atom is 2.00 e. The molecular weight excluding hydrogens is 503 g/mol. The maximum absolute atomic E-state index is 11.3. The van der Waals surface area contributed by atoms with E-state index in [2.05, 4.69) is 18.8 Å². The molecule has 0 amide bonds. The van der Waals surface area contributed by atoms with E-state index in [1.54, 1.807) is 0 Å². The van der Waals surface area contributed by atoms with Gasteiger partial charge in [-0.1, -0.05) is 101 Å². The average molecular weight is 543 g/mol. The average Bonchev–Trinajstić information content (AvgIpc) is 2.91. The molecule has 0 N–H and O–H groups in total. The topological polar surface area (TPSA) is 70.8 Å². The van der Waals surface area contributed by atoms with Crippen molar-refractivity contribution >= 4 is 23.3 Å². The molecule has 0 bridgehead atoms. The molecule has 3 aromatic rings. The van der Waals surface area contributed by atoms with Crippen LogP contribution in [0.25, 0.3) is 0 Å². The van der Waals surface area contributed by atoms with E-state index in [-0.39, 0.29) is 28.0 Å². The molecule has 37 heavy (non-hydrogen) atoms. The Kier molecular flexibility index (Phi) is 16.7. The fourth-order valence-corrected chi connectivity index (χ4v) is 3.72. The van der Waals surface area contributed by atoms with Crippen LogP contribution in [0.4, 0.5) is 11.4 Å². The summed E-state index contributed by atoms with van der Waals surface area (Å²) < 4.78 is 0. The van der Waals surface area contributed by atoms with Crippen LogP contribution in [0.15, 0.2) is 82.8 Å². The van der Waals surface area contributed by atoms with Crippen LogP contribution in [-0.4, -0.2) is 11.9 Å². The van der Waals surface area contributed by atoms with Crippen molar-refractivity contribution in [2.45, 2.75) is 78.6 Å². The summed E-state index contributed by atoms with van der Waals surface area (Å²) in [5, 5.41) is 22.6. The van der Waals surface area contributed by atoms with Crippen LogP contribution in [0.5, 0.6) is 11.5 Å². The van der Waals surface area contributed by atoms with E-state index in [1.807, 2.05) is 79.9 Å². The van der Waals surface area contributed by atoms with Gasteiger partial charge in [-0.25, -0.2) is 0 Å². The Bertz CT molecular complexity index is 1070. The third-order valence-electron chi connectivity index (χ3n) is 5.83. The van der Waals surface area contributed by atoms with Crippen LogP contribution < -0.4 is 10.2 Å². The summed E-state index contributed by atoms with van der Waals surface area (Å²) in [5.74, 6) is -0.678. The fourth-order valence-electron chi connectivity index (χ4n) is 3.72. The number of aryl methyl sites for hydroxylation is 2. The number of hydrogen-bond donors (Lipinski definition) is 0. The minimum Gasteiger partial charge on any atom is -0.873 e. The van der Waals surface area contributed by atoms with E-state index in [1.165, 1.54) is 31.7 Å². The molecule has 0 saturated heterocycles. The summed E-state index contributed by atoms with van der Waals surface area (Å²) in [7, 11) is 0. The van der Waals surface area contributed by atoms with Gasteiger partial charge < -0.3 is 10.2 Å². The predicted molar refractivity (Wildman–Crippen MR) is 150 cm³/mol. The first-order valence-electron chi connectivity index (χ1n) is 13.3. The van der Waals surface area contributed by atoms with Crippen LogP contribution in [0, 0.1) is 0 Å². The molecule has 0 aromatic heterocycles. The number of aliphatic imine (C=N–C) groups is 2. The Balaban J connectivity index is 0.000000396. The Morgan fingerprint density at radius 2 is 1.38 bits per heavy atom. The van der Waals surface area contributed by atoms with Crippen molar-refractivity contribution in [1.29, 1.82) is 0 Å². The van der Waals surface area contributed by atoms with Crippen LogP contribution in [-0.2, 0) is 29.3 Å². The zero-order valence-electron chi connectivity index (χ0n) is 22.4. The smallest absolute Gasteiger partial charge is 0.873 e. The molecule has 0 saturated carbocycles. The third-order valence-corrected chi connectivity index (χ3v) is 5.83. The van der Waals surface area contributed by atoms with E-state index in [0.717, 1.165) is 48.3 Å². The Labute approximate surface area is 233 Å². The normalized spacial score (nSPS) is 11.1. The van der Waals surface area contributed by atoms with Gasteiger partial charge in [-0.05, 0) is 61.9 Å². The molecule has 0 atom stereocenters. The van der Waals surface area contributed by atoms with Gasteiger partial charge >= 0.3 is 16.5 Å². The van der Waals surface area contributed by atoms with Gasteiger partial charge in [0.25, 0.3) is 0 Å². The molecule has 0 spiro atoms. The van der Waals surface area contributed by atoms with E-state index in [9.17, 15) is 10.2 Å². The van der Waals surface area contributed by atoms with Gasteiger partial charge in [0.1, 0.15) is 0 Å². The maximum atomic E-state index is 11.3. The Morgan fingerprint density at radius 1 is 0.757 bits per heavy atom. The number of nitrogens with zero attached hydrogens (tertiary/aromatic N) is 2. The zero-order chi connectivity index (χ0) is 26.0. The molecule has 3 rings (SSSR count). The summed E-state index contributed by atoms with van der Waals surface area (Å²) in [5.41, 5.74) is 4.67. The predicted octanol–water partition coefficient (Wildman–Crippen LogP) is 7.87. The molecule has 0 heterocycles. The number of benzene rings is 3. The first-order valence-corrected chi connectivity index (χ1v) is 13.3. The molecule has 0 fully saturated rings. The van der Waals surface area contributed by atoms with Gasteiger partial charge in [-0.15, -0.1) is 11.5 Å². The molecule has 5 heteroatoms. The molecule has 0 aliphatic heterocycles. The van der Waals surface area contributed by atoms with E-state index >= 15 is 0 Å².